The van der Waals surface area contributed by atoms with Gasteiger partial charge >= 0.3 is 11.4 Å². The maximum Gasteiger partial charge on any atom is 0.347 e. The number of rotatable bonds is 0. The average Bonchev–Trinajstić information content (AvgIpc) is 2.46. The van der Waals surface area contributed by atoms with E-state index in [0.29, 0.717) is 5.92 Å². The van der Waals surface area contributed by atoms with Crippen LogP contribution in [0.4, 0.5) is 0 Å². The van der Waals surface area contributed by atoms with Gasteiger partial charge in [0, 0.05) is 7.05 Å². The Morgan fingerprint density at radius 3 is 2.53 bits per heavy atom. The van der Waals surface area contributed by atoms with Crippen molar-refractivity contribution in [3.8, 4) is 0 Å². The van der Waals surface area contributed by atoms with E-state index in [1.54, 1.807) is 9.36 Å². The summed E-state index contributed by atoms with van der Waals surface area (Å²) in [6.07, 6.45) is 5.02. The zero-order valence-corrected chi connectivity index (χ0v) is 8.75. The first kappa shape index (κ1) is 8.76. The summed E-state index contributed by atoms with van der Waals surface area (Å²) in [5.41, 5.74) is -0.405. The van der Waals surface area contributed by atoms with Crippen molar-refractivity contribution in [2.45, 2.75) is 25.4 Å². The Morgan fingerprint density at radius 2 is 1.87 bits per heavy atom. The van der Waals surface area contributed by atoms with Gasteiger partial charge in [-0.05, 0) is 12.3 Å². The van der Waals surface area contributed by atoms with Crippen molar-refractivity contribution in [2.75, 3.05) is 0 Å². The molecule has 0 aromatic carbocycles. The second-order valence-electron chi connectivity index (χ2n) is 4.47. The van der Waals surface area contributed by atoms with E-state index in [1.165, 1.54) is 11.6 Å². The van der Waals surface area contributed by atoms with E-state index in [1.807, 2.05) is 12.2 Å². The van der Waals surface area contributed by atoms with Gasteiger partial charge in [0.15, 0.2) is 0 Å². The van der Waals surface area contributed by atoms with Gasteiger partial charge in [-0.2, -0.15) is 0 Å². The molecule has 3 atom stereocenters. The fraction of sp³-hybridized carbons (Fsp3) is 0.600. The van der Waals surface area contributed by atoms with Gasteiger partial charge in [-0.1, -0.05) is 19.1 Å². The molecule has 0 spiro atoms. The lowest BCUT2D eigenvalue weighted by molar-refractivity contribution is 0.191. The normalized spacial score (nSPS) is 32.0. The molecule has 1 aromatic rings. The summed E-state index contributed by atoms with van der Waals surface area (Å²) in [6.45, 7) is 2.12. The second kappa shape index (κ2) is 2.53. The lowest BCUT2D eigenvalue weighted by Gasteiger charge is -2.37. The third-order valence-electron chi connectivity index (χ3n) is 3.52. The predicted molar refractivity (Wildman–Crippen MR) is 54.9 cm³/mol. The van der Waals surface area contributed by atoms with E-state index < -0.39 is 0 Å². The van der Waals surface area contributed by atoms with Crippen LogP contribution in [0.1, 0.15) is 25.4 Å². The Morgan fingerprint density at radius 1 is 1.20 bits per heavy atom. The van der Waals surface area contributed by atoms with Crippen LogP contribution in [0.2, 0.25) is 0 Å². The molecule has 15 heavy (non-hydrogen) atoms. The van der Waals surface area contributed by atoms with Crippen LogP contribution in [0, 0.1) is 5.92 Å². The van der Waals surface area contributed by atoms with Crippen molar-refractivity contribution in [1.29, 1.82) is 0 Å². The Labute approximate surface area is 86.2 Å². The maximum atomic E-state index is 11.8. The molecule has 0 fully saturated rings. The van der Waals surface area contributed by atoms with E-state index in [-0.39, 0.29) is 23.5 Å². The van der Waals surface area contributed by atoms with Crippen LogP contribution in [0.3, 0.4) is 0 Å². The van der Waals surface area contributed by atoms with Crippen LogP contribution in [0.5, 0.6) is 0 Å². The minimum absolute atomic E-state index is 0.0522. The highest BCUT2D eigenvalue weighted by Gasteiger charge is 2.36. The number of hydrogen-bond acceptors (Lipinski definition) is 2. The van der Waals surface area contributed by atoms with E-state index in [0.717, 1.165) is 6.42 Å². The minimum atomic E-state index is -0.203. The highest BCUT2D eigenvalue weighted by atomic mass is 16.2. The summed E-state index contributed by atoms with van der Waals surface area (Å²) in [7, 11) is 1.53. The fourth-order valence-electron chi connectivity index (χ4n) is 2.68. The molecule has 5 nitrogen and oxygen atoms in total. The minimum Gasteiger partial charge on any atom is -0.246 e. The molecule has 0 radical (unpaired) electrons. The van der Waals surface area contributed by atoms with Gasteiger partial charge in [-0.3, -0.25) is 0 Å². The molecule has 0 saturated carbocycles. The third kappa shape index (κ3) is 0.879. The number of allylic oxidation sites excluding steroid dienone is 2. The molecule has 2 aliphatic heterocycles. The second-order valence-corrected chi connectivity index (χ2v) is 4.47. The van der Waals surface area contributed by atoms with Gasteiger partial charge in [-0.15, -0.1) is 0 Å². The molecular weight excluding hydrogens is 194 g/mol. The smallest absolute Gasteiger partial charge is 0.246 e. The molecule has 0 saturated heterocycles. The Balaban J connectivity index is 2.40. The van der Waals surface area contributed by atoms with E-state index in [9.17, 15) is 9.59 Å². The topological polar surface area (TPSA) is 48.9 Å². The quantitative estimate of drug-likeness (QED) is 0.564. The molecular formula is C10H13N3O2. The van der Waals surface area contributed by atoms with Crippen molar-refractivity contribution in [3.05, 3.63) is 33.1 Å². The number of hydrogen-bond donors (Lipinski definition) is 0. The fourth-order valence-corrected chi connectivity index (χ4v) is 2.68. The molecule has 1 aliphatic carbocycles. The first-order valence-electron chi connectivity index (χ1n) is 5.19. The van der Waals surface area contributed by atoms with Crippen molar-refractivity contribution in [2.24, 2.45) is 13.0 Å². The standard InChI is InChI=1S/C10H13N3O2/c1-6-5-7-3-4-8(6)13-10(15)11(2)9(14)12(7)13/h3-4,6-8H,5H2,1-2H3. The van der Waals surface area contributed by atoms with Gasteiger partial charge < -0.3 is 0 Å². The predicted octanol–water partition coefficient (Wildman–Crippen LogP) is 0.0403. The molecule has 3 unspecified atom stereocenters. The lowest BCUT2D eigenvalue weighted by atomic mass is 9.86. The molecule has 5 heteroatoms. The molecule has 3 heterocycles. The molecule has 3 aliphatic rings. The summed E-state index contributed by atoms with van der Waals surface area (Å²) < 4.78 is 4.37. The summed E-state index contributed by atoms with van der Waals surface area (Å²) in [5.74, 6) is 0.430. The molecule has 80 valence electrons. The Kier molecular flexibility index (Phi) is 1.48. The zero-order chi connectivity index (χ0) is 10.7. The van der Waals surface area contributed by atoms with E-state index >= 15 is 0 Å². The van der Waals surface area contributed by atoms with Crippen molar-refractivity contribution >= 4 is 0 Å². The Hall–Kier alpha value is -1.52. The number of fused-ring (bicyclic) bond motifs is 1. The van der Waals surface area contributed by atoms with E-state index in [2.05, 4.69) is 6.92 Å². The van der Waals surface area contributed by atoms with Crippen LogP contribution in [0.15, 0.2) is 21.7 Å². The van der Waals surface area contributed by atoms with Crippen molar-refractivity contribution in [1.82, 2.24) is 13.9 Å². The molecule has 1 aromatic heterocycles. The number of nitrogens with zero attached hydrogens (tertiary/aromatic N) is 3. The third-order valence-corrected chi connectivity index (χ3v) is 3.52. The van der Waals surface area contributed by atoms with E-state index in [4.69, 9.17) is 0 Å². The van der Waals surface area contributed by atoms with Gasteiger partial charge in [-0.25, -0.2) is 23.5 Å². The first-order chi connectivity index (χ1) is 7.11. The summed E-state index contributed by atoms with van der Waals surface area (Å²) in [6, 6.07) is 0.114. The van der Waals surface area contributed by atoms with Gasteiger partial charge in [0.1, 0.15) is 0 Å². The lowest BCUT2D eigenvalue weighted by Crippen LogP contribution is -2.42. The van der Waals surface area contributed by atoms with Crippen LogP contribution < -0.4 is 11.4 Å². The van der Waals surface area contributed by atoms with Crippen LogP contribution in [-0.2, 0) is 7.05 Å². The largest absolute Gasteiger partial charge is 0.347 e. The molecule has 4 rings (SSSR count). The molecule has 0 N–H and O–H groups in total. The zero-order valence-electron chi connectivity index (χ0n) is 8.75. The van der Waals surface area contributed by atoms with Crippen LogP contribution in [-0.4, -0.2) is 13.9 Å². The summed E-state index contributed by atoms with van der Waals surface area (Å²) in [4.78, 5) is 23.6. The Bertz CT molecular complexity index is 560. The highest BCUT2D eigenvalue weighted by Crippen LogP contribution is 2.37. The van der Waals surface area contributed by atoms with Crippen LogP contribution >= 0.6 is 0 Å². The monoisotopic (exact) mass is 207 g/mol. The summed E-state index contributed by atoms with van der Waals surface area (Å²) in [5, 5.41) is 0. The SMILES string of the molecule is CC1CC2C=CC1n1c(=O)n(C)c(=O)n12. The maximum absolute atomic E-state index is 11.8. The first-order valence-corrected chi connectivity index (χ1v) is 5.19. The van der Waals surface area contributed by atoms with Gasteiger partial charge in [0.2, 0.25) is 0 Å². The highest BCUT2D eigenvalue weighted by molar-refractivity contribution is 5.10. The molecule has 2 bridgehead atoms. The summed E-state index contributed by atoms with van der Waals surface area (Å²) >= 11 is 0. The van der Waals surface area contributed by atoms with Gasteiger partial charge in [0.05, 0.1) is 12.1 Å². The number of aromatic nitrogens is 3. The van der Waals surface area contributed by atoms with Crippen molar-refractivity contribution in [3.63, 3.8) is 0 Å². The van der Waals surface area contributed by atoms with Crippen LogP contribution in [0.25, 0.3) is 0 Å². The average molecular weight is 207 g/mol. The van der Waals surface area contributed by atoms with Gasteiger partial charge in [0.25, 0.3) is 0 Å². The van der Waals surface area contributed by atoms with Crippen molar-refractivity contribution < 1.29 is 0 Å². The molecule has 0 amide bonds.